The molecule has 6 nitrogen and oxygen atoms in total. The summed E-state index contributed by atoms with van der Waals surface area (Å²) >= 11 is 0. The predicted octanol–water partition coefficient (Wildman–Crippen LogP) is -0.180. The first-order valence-corrected chi connectivity index (χ1v) is 6.23. The highest BCUT2D eigenvalue weighted by Gasteiger charge is 2.12. The van der Waals surface area contributed by atoms with Gasteiger partial charge in [0, 0.05) is 19.3 Å². The van der Waals surface area contributed by atoms with E-state index in [0.717, 1.165) is 32.6 Å². The smallest absolute Gasteiger partial charge is 0.252 e. The zero-order valence-corrected chi connectivity index (χ0v) is 10.4. The van der Waals surface area contributed by atoms with Crippen LogP contribution in [0.25, 0.3) is 0 Å². The number of rotatable bonds is 4. The van der Waals surface area contributed by atoms with Crippen LogP contribution < -0.4 is 16.2 Å². The van der Waals surface area contributed by atoms with Gasteiger partial charge in [0.15, 0.2) is 0 Å². The average molecular weight is 249 g/mol. The number of anilines is 1. The molecule has 1 amide bonds. The molecule has 2 rings (SSSR count). The number of carbonyl (C=O) groups excluding carboxylic acids is 1. The van der Waals surface area contributed by atoms with Crippen LogP contribution in [0.5, 0.6) is 0 Å². The molecule has 0 aliphatic carbocycles. The summed E-state index contributed by atoms with van der Waals surface area (Å²) in [5.41, 5.74) is 5.45. The Labute approximate surface area is 107 Å². The molecular formula is C12H19N5O. The van der Waals surface area contributed by atoms with Crippen molar-refractivity contribution < 1.29 is 4.79 Å². The summed E-state index contributed by atoms with van der Waals surface area (Å²) < 4.78 is 0. The molecule has 1 aromatic rings. The summed E-state index contributed by atoms with van der Waals surface area (Å²) in [6.45, 7) is 4.27. The van der Waals surface area contributed by atoms with Crippen LogP contribution in [0.3, 0.4) is 0 Å². The highest BCUT2D eigenvalue weighted by molar-refractivity contribution is 5.79. The maximum absolute atomic E-state index is 11.7. The molecule has 1 fully saturated rings. The van der Waals surface area contributed by atoms with Gasteiger partial charge in [0.25, 0.3) is 5.91 Å². The van der Waals surface area contributed by atoms with Crippen LogP contribution in [0.1, 0.15) is 6.42 Å². The van der Waals surface area contributed by atoms with Gasteiger partial charge in [0.2, 0.25) is 0 Å². The molecule has 98 valence electrons. The van der Waals surface area contributed by atoms with E-state index in [2.05, 4.69) is 26.1 Å². The summed E-state index contributed by atoms with van der Waals surface area (Å²) in [4.78, 5) is 17.9. The van der Waals surface area contributed by atoms with Gasteiger partial charge >= 0.3 is 0 Å². The second-order valence-corrected chi connectivity index (χ2v) is 4.27. The van der Waals surface area contributed by atoms with Gasteiger partial charge in [0.1, 0.15) is 5.82 Å². The molecule has 1 aliphatic heterocycles. The van der Waals surface area contributed by atoms with Crippen molar-refractivity contribution >= 4 is 11.7 Å². The second-order valence-electron chi connectivity index (χ2n) is 4.27. The van der Waals surface area contributed by atoms with Crippen LogP contribution in [-0.2, 0) is 4.79 Å². The lowest BCUT2D eigenvalue weighted by molar-refractivity contribution is -0.121. The van der Waals surface area contributed by atoms with Gasteiger partial charge in [0.05, 0.1) is 6.54 Å². The fourth-order valence-electron chi connectivity index (χ4n) is 1.87. The Morgan fingerprint density at radius 1 is 1.39 bits per heavy atom. The van der Waals surface area contributed by atoms with Crippen molar-refractivity contribution in [2.24, 2.45) is 0 Å². The minimum Gasteiger partial charge on any atom is -0.315 e. The Bertz CT molecular complexity index is 362. The largest absolute Gasteiger partial charge is 0.315 e. The average Bonchev–Trinajstić information content (AvgIpc) is 2.66. The van der Waals surface area contributed by atoms with E-state index in [-0.39, 0.29) is 5.91 Å². The summed E-state index contributed by atoms with van der Waals surface area (Å²) in [5, 5.41) is 3.31. The molecule has 1 saturated heterocycles. The first-order valence-electron chi connectivity index (χ1n) is 6.23. The number of hydrogen-bond donors (Lipinski definition) is 3. The van der Waals surface area contributed by atoms with Crippen molar-refractivity contribution in [2.45, 2.75) is 6.42 Å². The Hall–Kier alpha value is -1.66. The zero-order valence-electron chi connectivity index (χ0n) is 10.4. The number of carbonyl (C=O) groups is 1. The van der Waals surface area contributed by atoms with E-state index in [1.165, 1.54) is 0 Å². The van der Waals surface area contributed by atoms with Gasteiger partial charge in [-0.15, -0.1) is 0 Å². The predicted molar refractivity (Wildman–Crippen MR) is 69.9 cm³/mol. The number of amides is 1. The standard InChI is InChI=1S/C12H19N5O/c18-12(10-17-8-3-5-13-7-9-17)16-15-11-4-1-2-6-14-11/h1-2,4,6,13H,3,5,7-10H2,(H,14,15)(H,16,18). The fourth-order valence-corrected chi connectivity index (χ4v) is 1.87. The minimum atomic E-state index is -0.0393. The maximum Gasteiger partial charge on any atom is 0.252 e. The molecule has 0 bridgehead atoms. The zero-order chi connectivity index (χ0) is 12.6. The van der Waals surface area contributed by atoms with E-state index < -0.39 is 0 Å². The van der Waals surface area contributed by atoms with E-state index in [9.17, 15) is 4.79 Å². The third kappa shape index (κ3) is 4.31. The summed E-state index contributed by atoms with van der Waals surface area (Å²) in [5.74, 6) is 0.603. The minimum absolute atomic E-state index is 0.0393. The summed E-state index contributed by atoms with van der Waals surface area (Å²) in [6.07, 6.45) is 2.76. The molecule has 0 spiro atoms. The quantitative estimate of drug-likeness (QED) is 0.646. The molecule has 1 aliphatic rings. The van der Waals surface area contributed by atoms with Crippen LogP contribution in [-0.4, -0.2) is 48.5 Å². The van der Waals surface area contributed by atoms with Gasteiger partial charge in [-0.05, 0) is 31.6 Å². The highest BCUT2D eigenvalue weighted by Crippen LogP contribution is 1.97. The lowest BCUT2D eigenvalue weighted by atomic mass is 10.4. The lowest BCUT2D eigenvalue weighted by Crippen LogP contribution is -2.41. The van der Waals surface area contributed by atoms with Crippen molar-refractivity contribution in [2.75, 3.05) is 38.1 Å². The molecule has 2 heterocycles. The van der Waals surface area contributed by atoms with E-state index in [4.69, 9.17) is 0 Å². The summed E-state index contributed by atoms with van der Waals surface area (Å²) in [6, 6.07) is 5.50. The van der Waals surface area contributed by atoms with Gasteiger partial charge in [-0.25, -0.2) is 4.98 Å². The van der Waals surface area contributed by atoms with Gasteiger partial charge in [-0.1, -0.05) is 6.07 Å². The molecular weight excluding hydrogens is 230 g/mol. The van der Waals surface area contributed by atoms with Gasteiger partial charge in [-0.3, -0.25) is 20.5 Å². The molecule has 18 heavy (non-hydrogen) atoms. The van der Waals surface area contributed by atoms with E-state index in [1.807, 2.05) is 12.1 Å². The Morgan fingerprint density at radius 3 is 3.17 bits per heavy atom. The van der Waals surface area contributed by atoms with E-state index >= 15 is 0 Å². The van der Waals surface area contributed by atoms with Gasteiger partial charge in [-0.2, -0.15) is 0 Å². The van der Waals surface area contributed by atoms with E-state index in [1.54, 1.807) is 12.3 Å². The number of nitrogens with zero attached hydrogens (tertiary/aromatic N) is 2. The molecule has 0 radical (unpaired) electrons. The monoisotopic (exact) mass is 249 g/mol. The normalized spacial score (nSPS) is 16.9. The molecule has 0 saturated carbocycles. The van der Waals surface area contributed by atoms with Crippen molar-refractivity contribution in [3.63, 3.8) is 0 Å². The molecule has 3 N–H and O–H groups in total. The second kappa shape index (κ2) is 6.93. The first-order chi connectivity index (χ1) is 8.84. The molecule has 0 atom stereocenters. The molecule has 6 heteroatoms. The highest BCUT2D eigenvalue weighted by atomic mass is 16.2. The van der Waals surface area contributed by atoms with Crippen LogP contribution >= 0.6 is 0 Å². The Kier molecular flexibility index (Phi) is 4.92. The topological polar surface area (TPSA) is 69.3 Å². The fraction of sp³-hybridized carbons (Fsp3) is 0.500. The number of hydrazine groups is 1. The van der Waals surface area contributed by atoms with Crippen LogP contribution in [0.2, 0.25) is 0 Å². The molecule has 0 aromatic carbocycles. The lowest BCUT2D eigenvalue weighted by Gasteiger charge is -2.18. The molecule has 0 unspecified atom stereocenters. The number of nitrogens with one attached hydrogen (secondary N) is 3. The SMILES string of the molecule is O=C(CN1CCCNCC1)NNc1ccccn1. The summed E-state index contributed by atoms with van der Waals surface area (Å²) in [7, 11) is 0. The third-order valence-corrected chi connectivity index (χ3v) is 2.79. The number of hydrogen-bond acceptors (Lipinski definition) is 5. The third-order valence-electron chi connectivity index (χ3n) is 2.79. The van der Waals surface area contributed by atoms with E-state index in [0.29, 0.717) is 12.4 Å². The first kappa shape index (κ1) is 12.8. The maximum atomic E-state index is 11.7. The van der Waals surface area contributed by atoms with Crippen LogP contribution in [0.4, 0.5) is 5.82 Å². The van der Waals surface area contributed by atoms with Crippen molar-refractivity contribution in [1.29, 1.82) is 0 Å². The Balaban J connectivity index is 1.71. The van der Waals surface area contributed by atoms with Crippen LogP contribution in [0, 0.1) is 0 Å². The van der Waals surface area contributed by atoms with Crippen molar-refractivity contribution in [3.8, 4) is 0 Å². The molecule has 1 aromatic heterocycles. The van der Waals surface area contributed by atoms with Crippen molar-refractivity contribution in [3.05, 3.63) is 24.4 Å². The number of pyridine rings is 1. The number of aromatic nitrogens is 1. The van der Waals surface area contributed by atoms with Crippen LogP contribution in [0.15, 0.2) is 24.4 Å². The Morgan fingerprint density at radius 2 is 2.33 bits per heavy atom. The van der Waals surface area contributed by atoms with Gasteiger partial charge < -0.3 is 5.32 Å². The van der Waals surface area contributed by atoms with Crippen molar-refractivity contribution in [1.82, 2.24) is 20.6 Å².